The van der Waals surface area contributed by atoms with Crippen molar-refractivity contribution in [2.24, 2.45) is 0 Å². The summed E-state index contributed by atoms with van der Waals surface area (Å²) in [5.74, 6) is -3.35. The van der Waals surface area contributed by atoms with E-state index < -0.39 is 37.1 Å². The lowest BCUT2D eigenvalue weighted by Crippen LogP contribution is -2.41. The van der Waals surface area contributed by atoms with E-state index in [2.05, 4.69) is 5.32 Å². The minimum Gasteiger partial charge on any atom is -0.379 e. The van der Waals surface area contributed by atoms with Crippen molar-refractivity contribution >= 4 is 25.6 Å². The van der Waals surface area contributed by atoms with E-state index in [0.717, 1.165) is 6.42 Å². The minimum absolute atomic E-state index is 0.287. The first-order valence-corrected chi connectivity index (χ1v) is 8.42. The predicted octanol–water partition coefficient (Wildman–Crippen LogP) is 1.80. The molecule has 1 aliphatic rings. The molecule has 1 atom stereocenters. The van der Waals surface area contributed by atoms with Crippen molar-refractivity contribution in [1.82, 2.24) is 5.32 Å². The van der Waals surface area contributed by atoms with Crippen LogP contribution in [-0.2, 0) is 13.8 Å². The predicted molar refractivity (Wildman–Crippen MR) is 70.7 cm³/mol. The molecule has 1 unspecified atom stereocenters. The van der Waals surface area contributed by atoms with Gasteiger partial charge in [-0.1, -0.05) is 0 Å². The van der Waals surface area contributed by atoms with Gasteiger partial charge in [0.15, 0.2) is 0 Å². The Morgan fingerprint density at radius 3 is 2.62 bits per heavy atom. The van der Waals surface area contributed by atoms with Gasteiger partial charge in [-0.05, 0) is 18.9 Å². The Morgan fingerprint density at radius 1 is 1.33 bits per heavy atom. The highest BCUT2D eigenvalue weighted by Crippen LogP contribution is 2.23. The van der Waals surface area contributed by atoms with Crippen LogP contribution in [-0.4, -0.2) is 33.6 Å². The molecule has 1 aromatic carbocycles. The summed E-state index contributed by atoms with van der Waals surface area (Å²) in [6.45, 7) is 0.876. The SMILES string of the molecule is O=C(NC1CCCOC1)c1cc(S(=O)(=O)Cl)c(F)cc1F. The Labute approximate surface area is 124 Å². The number of halogens is 3. The van der Waals surface area contributed by atoms with Gasteiger partial charge >= 0.3 is 0 Å². The molecule has 1 aliphatic heterocycles. The monoisotopic (exact) mass is 339 g/mol. The van der Waals surface area contributed by atoms with E-state index in [4.69, 9.17) is 15.4 Å². The molecule has 2 rings (SSSR count). The lowest BCUT2D eigenvalue weighted by atomic mass is 10.1. The van der Waals surface area contributed by atoms with Gasteiger partial charge in [0.25, 0.3) is 15.0 Å². The van der Waals surface area contributed by atoms with E-state index in [-0.39, 0.29) is 12.6 Å². The van der Waals surface area contributed by atoms with Gasteiger partial charge in [0.2, 0.25) is 0 Å². The summed E-state index contributed by atoms with van der Waals surface area (Å²) in [6, 6.07) is 0.611. The highest BCUT2D eigenvalue weighted by Gasteiger charge is 2.24. The maximum Gasteiger partial charge on any atom is 0.264 e. The van der Waals surface area contributed by atoms with Crippen molar-refractivity contribution in [2.45, 2.75) is 23.8 Å². The molecule has 1 fully saturated rings. The molecule has 0 bridgehead atoms. The molecule has 0 radical (unpaired) electrons. The maximum absolute atomic E-state index is 13.7. The first-order chi connectivity index (χ1) is 9.79. The zero-order chi connectivity index (χ0) is 15.6. The molecular weight excluding hydrogens is 328 g/mol. The van der Waals surface area contributed by atoms with Crippen molar-refractivity contribution < 1.29 is 26.7 Å². The second kappa shape index (κ2) is 6.25. The number of benzene rings is 1. The molecule has 21 heavy (non-hydrogen) atoms. The van der Waals surface area contributed by atoms with Crippen molar-refractivity contribution in [3.05, 3.63) is 29.3 Å². The van der Waals surface area contributed by atoms with Crippen LogP contribution in [0, 0.1) is 11.6 Å². The van der Waals surface area contributed by atoms with Crippen LogP contribution < -0.4 is 5.32 Å². The molecule has 5 nitrogen and oxygen atoms in total. The van der Waals surface area contributed by atoms with Crippen LogP contribution in [0.1, 0.15) is 23.2 Å². The van der Waals surface area contributed by atoms with Crippen LogP contribution in [0.4, 0.5) is 8.78 Å². The number of amides is 1. The van der Waals surface area contributed by atoms with Crippen LogP contribution >= 0.6 is 10.7 Å². The number of carbonyl (C=O) groups is 1. The number of carbonyl (C=O) groups excluding carboxylic acids is 1. The fourth-order valence-corrected chi connectivity index (χ4v) is 2.91. The van der Waals surface area contributed by atoms with Crippen molar-refractivity contribution in [3.63, 3.8) is 0 Å². The standard InChI is InChI=1S/C12H12ClF2NO4S/c13-21(18,19)11-4-8(9(14)5-10(11)15)12(17)16-7-2-1-3-20-6-7/h4-5,7H,1-3,6H2,(H,16,17). The molecule has 0 spiro atoms. The summed E-state index contributed by atoms with van der Waals surface area (Å²) in [6.07, 6.45) is 1.41. The molecule has 9 heteroatoms. The van der Waals surface area contributed by atoms with Crippen molar-refractivity contribution in [3.8, 4) is 0 Å². The van der Waals surface area contributed by atoms with Gasteiger partial charge in [0.1, 0.15) is 16.5 Å². The summed E-state index contributed by atoms with van der Waals surface area (Å²) < 4.78 is 54.6. The Morgan fingerprint density at radius 2 is 2.05 bits per heavy atom. The molecule has 0 aromatic heterocycles. The Hall–Kier alpha value is -1.25. The Balaban J connectivity index is 2.28. The zero-order valence-corrected chi connectivity index (χ0v) is 12.3. The van der Waals surface area contributed by atoms with E-state index in [1.54, 1.807) is 0 Å². The van der Waals surface area contributed by atoms with Crippen LogP contribution in [0.5, 0.6) is 0 Å². The van der Waals surface area contributed by atoms with Gasteiger partial charge in [-0.3, -0.25) is 4.79 Å². The van der Waals surface area contributed by atoms with E-state index in [9.17, 15) is 22.0 Å². The Kier molecular flexibility index (Phi) is 4.80. The van der Waals surface area contributed by atoms with E-state index in [0.29, 0.717) is 25.2 Å². The Bertz CT molecular complexity index is 659. The average Bonchev–Trinajstić information content (AvgIpc) is 2.38. The quantitative estimate of drug-likeness (QED) is 0.852. The summed E-state index contributed by atoms with van der Waals surface area (Å²) in [5.41, 5.74) is -0.582. The average molecular weight is 340 g/mol. The van der Waals surface area contributed by atoms with Crippen LogP contribution in [0.15, 0.2) is 17.0 Å². The van der Waals surface area contributed by atoms with E-state index >= 15 is 0 Å². The lowest BCUT2D eigenvalue weighted by molar-refractivity contribution is 0.0622. The summed E-state index contributed by atoms with van der Waals surface area (Å²) in [7, 11) is 0.629. The summed E-state index contributed by atoms with van der Waals surface area (Å²) in [5, 5.41) is 2.51. The molecule has 116 valence electrons. The molecule has 0 saturated carbocycles. The van der Waals surface area contributed by atoms with Crippen LogP contribution in [0.3, 0.4) is 0 Å². The summed E-state index contributed by atoms with van der Waals surface area (Å²) >= 11 is 0. The second-order valence-electron chi connectivity index (χ2n) is 4.59. The number of rotatable bonds is 3. The van der Waals surface area contributed by atoms with Gasteiger partial charge in [0, 0.05) is 23.4 Å². The first kappa shape index (κ1) is 16.1. The molecule has 1 amide bonds. The lowest BCUT2D eigenvalue weighted by Gasteiger charge is -2.23. The van der Waals surface area contributed by atoms with Gasteiger partial charge < -0.3 is 10.1 Å². The fourth-order valence-electron chi connectivity index (χ4n) is 2.01. The molecule has 0 aliphatic carbocycles. The smallest absolute Gasteiger partial charge is 0.264 e. The van der Waals surface area contributed by atoms with Gasteiger partial charge in [-0.15, -0.1) is 0 Å². The number of nitrogens with one attached hydrogen (secondary N) is 1. The number of hydrogen-bond donors (Lipinski definition) is 1. The minimum atomic E-state index is -4.41. The second-order valence-corrected chi connectivity index (χ2v) is 7.12. The number of hydrogen-bond acceptors (Lipinski definition) is 4. The highest BCUT2D eigenvalue weighted by molar-refractivity contribution is 8.13. The van der Waals surface area contributed by atoms with Gasteiger partial charge in [-0.2, -0.15) is 0 Å². The van der Waals surface area contributed by atoms with Crippen LogP contribution in [0.25, 0.3) is 0 Å². The van der Waals surface area contributed by atoms with E-state index in [1.807, 2.05) is 0 Å². The van der Waals surface area contributed by atoms with E-state index in [1.165, 1.54) is 0 Å². The zero-order valence-electron chi connectivity index (χ0n) is 10.7. The highest BCUT2D eigenvalue weighted by atomic mass is 35.7. The first-order valence-electron chi connectivity index (χ1n) is 6.11. The maximum atomic E-state index is 13.7. The largest absolute Gasteiger partial charge is 0.379 e. The molecule has 1 heterocycles. The fraction of sp³-hybridized carbons (Fsp3) is 0.417. The molecule has 1 N–H and O–H groups in total. The molecular formula is C12H12ClF2NO4S. The van der Waals surface area contributed by atoms with Gasteiger partial charge in [0.05, 0.1) is 18.2 Å². The molecule has 1 saturated heterocycles. The number of ether oxygens (including phenoxy) is 1. The normalized spacial score (nSPS) is 19.3. The third-order valence-corrected chi connectivity index (χ3v) is 4.36. The molecule has 1 aromatic rings. The summed E-state index contributed by atoms with van der Waals surface area (Å²) in [4.78, 5) is 11.0. The van der Waals surface area contributed by atoms with Gasteiger partial charge in [-0.25, -0.2) is 17.2 Å². The third-order valence-electron chi connectivity index (χ3n) is 3.02. The third kappa shape index (κ3) is 3.90. The van der Waals surface area contributed by atoms with Crippen molar-refractivity contribution in [1.29, 1.82) is 0 Å². The topological polar surface area (TPSA) is 72.5 Å². The van der Waals surface area contributed by atoms with Crippen LogP contribution in [0.2, 0.25) is 0 Å². The van der Waals surface area contributed by atoms with Crippen molar-refractivity contribution in [2.75, 3.05) is 13.2 Å².